The van der Waals surface area contributed by atoms with Gasteiger partial charge in [-0.1, -0.05) is 6.07 Å². The molecule has 0 spiro atoms. The molecular formula is C17H25FN2O2. The number of nitrogens with zero attached hydrogens (tertiary/aromatic N) is 1. The van der Waals surface area contributed by atoms with Crippen LogP contribution < -0.4 is 5.73 Å². The predicted molar refractivity (Wildman–Crippen MR) is 85.1 cm³/mol. The van der Waals surface area contributed by atoms with Crippen molar-refractivity contribution in [1.29, 1.82) is 0 Å². The van der Waals surface area contributed by atoms with E-state index in [2.05, 4.69) is 4.90 Å². The number of likely N-dealkylation sites (tertiary alicyclic amines) is 1. The number of carbonyl (C=O) groups excluding carboxylic acids is 1. The minimum Gasteiger partial charge on any atom is -0.459 e. The van der Waals surface area contributed by atoms with Crippen molar-refractivity contribution in [3.8, 4) is 0 Å². The second-order valence-electron chi connectivity index (χ2n) is 6.92. The van der Waals surface area contributed by atoms with Crippen LogP contribution in [0.5, 0.6) is 0 Å². The molecule has 1 fully saturated rings. The number of carbonyl (C=O) groups is 1. The number of nitrogen functional groups attached to an aromatic ring is 1. The van der Waals surface area contributed by atoms with E-state index < -0.39 is 5.60 Å². The van der Waals surface area contributed by atoms with Crippen molar-refractivity contribution in [3.63, 3.8) is 0 Å². The van der Waals surface area contributed by atoms with Gasteiger partial charge in [-0.2, -0.15) is 0 Å². The van der Waals surface area contributed by atoms with Crippen molar-refractivity contribution >= 4 is 11.7 Å². The summed E-state index contributed by atoms with van der Waals surface area (Å²) in [6.45, 7) is 7.43. The maximum Gasteiger partial charge on any atom is 0.320 e. The summed E-state index contributed by atoms with van der Waals surface area (Å²) in [6.07, 6.45) is 1.67. The van der Waals surface area contributed by atoms with E-state index in [1.165, 1.54) is 6.07 Å². The Morgan fingerprint density at radius 1 is 1.36 bits per heavy atom. The number of hydrogen-bond acceptors (Lipinski definition) is 4. The molecule has 0 unspecified atom stereocenters. The van der Waals surface area contributed by atoms with Crippen LogP contribution in [0.4, 0.5) is 10.1 Å². The molecule has 4 nitrogen and oxygen atoms in total. The second kappa shape index (κ2) is 6.65. The molecule has 0 saturated carbocycles. The molecular weight excluding hydrogens is 283 g/mol. The SMILES string of the molecule is CC(C)(C)OC(=O)CN1CCC(c2ccc(N)cc2F)CC1. The van der Waals surface area contributed by atoms with Crippen LogP contribution in [0.15, 0.2) is 18.2 Å². The molecule has 1 aliphatic rings. The molecule has 0 aromatic heterocycles. The molecule has 22 heavy (non-hydrogen) atoms. The Morgan fingerprint density at radius 3 is 2.55 bits per heavy atom. The van der Waals surface area contributed by atoms with Gasteiger partial charge in [-0.3, -0.25) is 9.69 Å². The number of halogens is 1. The summed E-state index contributed by atoms with van der Waals surface area (Å²) in [5.41, 5.74) is 6.30. The molecule has 2 rings (SSSR count). The third kappa shape index (κ3) is 4.70. The summed E-state index contributed by atoms with van der Waals surface area (Å²) in [4.78, 5) is 13.9. The first-order chi connectivity index (χ1) is 10.2. The molecule has 0 radical (unpaired) electrons. The monoisotopic (exact) mass is 308 g/mol. The topological polar surface area (TPSA) is 55.6 Å². The van der Waals surface area contributed by atoms with Crippen molar-refractivity contribution < 1.29 is 13.9 Å². The summed E-state index contributed by atoms with van der Waals surface area (Å²) in [5.74, 6) is -0.245. The Morgan fingerprint density at radius 2 is 2.00 bits per heavy atom. The average Bonchev–Trinajstić information content (AvgIpc) is 2.38. The van der Waals surface area contributed by atoms with Crippen LogP contribution in [0.25, 0.3) is 0 Å². The minimum absolute atomic E-state index is 0.190. The normalized spacial score (nSPS) is 17.5. The minimum atomic E-state index is -0.456. The average molecular weight is 308 g/mol. The summed E-state index contributed by atoms with van der Waals surface area (Å²) < 4.78 is 19.3. The molecule has 0 aliphatic carbocycles. The summed E-state index contributed by atoms with van der Waals surface area (Å²) in [5, 5.41) is 0. The van der Waals surface area contributed by atoms with Crippen LogP contribution in [0.3, 0.4) is 0 Å². The third-order valence-electron chi connectivity index (χ3n) is 3.82. The van der Waals surface area contributed by atoms with Gasteiger partial charge < -0.3 is 10.5 Å². The summed E-state index contributed by atoms with van der Waals surface area (Å²) in [6, 6.07) is 4.90. The van der Waals surface area contributed by atoms with Gasteiger partial charge in [0.1, 0.15) is 11.4 Å². The van der Waals surface area contributed by atoms with E-state index in [-0.39, 0.29) is 17.7 Å². The number of hydrogen-bond donors (Lipinski definition) is 1. The number of rotatable bonds is 3. The number of ether oxygens (including phenoxy) is 1. The first kappa shape index (κ1) is 16.7. The van der Waals surface area contributed by atoms with Crippen LogP contribution >= 0.6 is 0 Å². The molecule has 1 aromatic rings. The van der Waals surface area contributed by atoms with Crippen molar-refractivity contribution in [2.75, 3.05) is 25.4 Å². The zero-order valence-electron chi connectivity index (χ0n) is 13.6. The number of benzene rings is 1. The summed E-state index contributed by atoms with van der Waals surface area (Å²) in [7, 11) is 0. The van der Waals surface area contributed by atoms with Gasteiger partial charge in [0.05, 0.1) is 6.54 Å². The van der Waals surface area contributed by atoms with Crippen LogP contribution in [-0.2, 0) is 9.53 Å². The highest BCUT2D eigenvalue weighted by molar-refractivity contribution is 5.72. The van der Waals surface area contributed by atoms with E-state index in [1.807, 2.05) is 20.8 Å². The van der Waals surface area contributed by atoms with Gasteiger partial charge in [0.15, 0.2) is 0 Å². The zero-order valence-corrected chi connectivity index (χ0v) is 13.6. The Hall–Kier alpha value is -1.62. The van der Waals surface area contributed by atoms with Crippen molar-refractivity contribution in [2.45, 2.75) is 45.1 Å². The molecule has 5 heteroatoms. The molecule has 2 N–H and O–H groups in total. The van der Waals surface area contributed by atoms with E-state index in [0.29, 0.717) is 12.2 Å². The van der Waals surface area contributed by atoms with Gasteiger partial charge in [0.2, 0.25) is 0 Å². The molecule has 1 saturated heterocycles. The molecule has 0 amide bonds. The highest BCUT2D eigenvalue weighted by Gasteiger charge is 2.25. The first-order valence-electron chi connectivity index (χ1n) is 7.74. The third-order valence-corrected chi connectivity index (χ3v) is 3.82. The van der Waals surface area contributed by atoms with Crippen LogP contribution in [-0.4, -0.2) is 36.1 Å². The number of piperidine rings is 1. The van der Waals surface area contributed by atoms with Crippen LogP contribution in [0, 0.1) is 5.82 Å². The second-order valence-corrected chi connectivity index (χ2v) is 6.92. The lowest BCUT2D eigenvalue weighted by molar-refractivity contribution is -0.156. The van der Waals surface area contributed by atoms with E-state index in [9.17, 15) is 9.18 Å². The number of nitrogens with two attached hydrogens (primary N) is 1. The van der Waals surface area contributed by atoms with Crippen molar-refractivity contribution in [2.24, 2.45) is 0 Å². The quantitative estimate of drug-likeness (QED) is 0.689. The molecule has 122 valence electrons. The van der Waals surface area contributed by atoms with E-state index in [0.717, 1.165) is 31.5 Å². The lowest BCUT2D eigenvalue weighted by Crippen LogP contribution is -2.39. The van der Waals surface area contributed by atoms with Gasteiger partial charge in [-0.15, -0.1) is 0 Å². The highest BCUT2D eigenvalue weighted by Crippen LogP contribution is 2.30. The fourth-order valence-corrected chi connectivity index (χ4v) is 2.83. The number of anilines is 1. The van der Waals surface area contributed by atoms with Gasteiger partial charge in [-0.05, 0) is 70.3 Å². The lowest BCUT2D eigenvalue weighted by Gasteiger charge is -2.32. The van der Waals surface area contributed by atoms with Crippen molar-refractivity contribution in [1.82, 2.24) is 4.90 Å². The van der Waals surface area contributed by atoms with Gasteiger partial charge in [-0.25, -0.2) is 4.39 Å². The van der Waals surface area contributed by atoms with Crippen LogP contribution in [0.1, 0.15) is 45.1 Å². The molecule has 1 aromatic carbocycles. The van der Waals surface area contributed by atoms with Gasteiger partial charge in [0.25, 0.3) is 0 Å². The smallest absolute Gasteiger partial charge is 0.320 e. The fourth-order valence-electron chi connectivity index (χ4n) is 2.83. The molecule has 0 atom stereocenters. The van der Waals surface area contributed by atoms with Gasteiger partial charge >= 0.3 is 5.97 Å². The Balaban J connectivity index is 1.86. The van der Waals surface area contributed by atoms with Crippen molar-refractivity contribution in [3.05, 3.63) is 29.6 Å². The highest BCUT2D eigenvalue weighted by atomic mass is 19.1. The maximum atomic E-state index is 14.0. The maximum absolute atomic E-state index is 14.0. The zero-order chi connectivity index (χ0) is 16.3. The van der Waals surface area contributed by atoms with E-state index in [1.54, 1.807) is 12.1 Å². The standard InChI is InChI=1S/C17H25FN2O2/c1-17(2,3)22-16(21)11-20-8-6-12(7-9-20)14-5-4-13(19)10-15(14)18/h4-5,10,12H,6-9,11,19H2,1-3H3. The lowest BCUT2D eigenvalue weighted by atomic mass is 9.89. The molecule has 1 aliphatic heterocycles. The Bertz CT molecular complexity index is 532. The van der Waals surface area contributed by atoms with Gasteiger partial charge in [0, 0.05) is 5.69 Å². The Kier molecular flexibility index (Phi) is 5.06. The number of esters is 1. The largest absolute Gasteiger partial charge is 0.459 e. The van der Waals surface area contributed by atoms with E-state index in [4.69, 9.17) is 10.5 Å². The molecule has 0 bridgehead atoms. The Labute approximate surface area is 131 Å². The summed E-state index contributed by atoms with van der Waals surface area (Å²) >= 11 is 0. The fraction of sp³-hybridized carbons (Fsp3) is 0.588. The van der Waals surface area contributed by atoms with E-state index >= 15 is 0 Å². The predicted octanol–water partition coefficient (Wildman–Crippen LogP) is 2.93. The molecule has 1 heterocycles. The van der Waals surface area contributed by atoms with Crippen LogP contribution in [0.2, 0.25) is 0 Å². The first-order valence-corrected chi connectivity index (χ1v) is 7.74.